The molecule has 7 heteroatoms. The number of hydrogen-bond donors (Lipinski definition) is 2. The topological polar surface area (TPSA) is 46.2 Å². The number of hydrogen-bond acceptors (Lipinski definition) is 2. The smallest absolute Gasteiger partial charge is 0.391 e. The molecule has 1 rings (SSSR count). The fourth-order valence-electron chi connectivity index (χ4n) is 1.57. The van der Waals surface area contributed by atoms with Crippen molar-refractivity contribution in [3.8, 4) is 0 Å². The number of rotatable bonds is 3. The Morgan fingerprint density at radius 1 is 1.33 bits per heavy atom. The van der Waals surface area contributed by atoms with Crippen molar-refractivity contribution in [1.82, 2.24) is 0 Å². The number of benzene rings is 1. The highest BCUT2D eigenvalue weighted by Gasteiger charge is 2.37. The minimum absolute atomic E-state index is 0. The normalized spacial score (nSPS) is 14.8. The van der Waals surface area contributed by atoms with Crippen molar-refractivity contribution in [2.45, 2.75) is 31.7 Å². The van der Waals surface area contributed by atoms with Gasteiger partial charge in [0.25, 0.3) is 0 Å². The lowest BCUT2D eigenvalue weighted by Crippen LogP contribution is -2.29. The van der Waals surface area contributed by atoms with E-state index in [-0.39, 0.29) is 18.8 Å². The summed E-state index contributed by atoms with van der Waals surface area (Å²) in [6.45, 7) is 1.55. The van der Waals surface area contributed by atoms with Crippen LogP contribution in [0.3, 0.4) is 0 Å². The summed E-state index contributed by atoms with van der Waals surface area (Å²) in [5.74, 6) is -1.06. The van der Waals surface area contributed by atoms with Crippen LogP contribution in [0.4, 0.5) is 17.6 Å². The average Bonchev–Trinajstić information content (AvgIpc) is 2.25. The molecule has 0 bridgehead atoms. The largest absolute Gasteiger partial charge is 0.416 e. The average molecular weight is 288 g/mol. The van der Waals surface area contributed by atoms with Gasteiger partial charge in [-0.05, 0) is 18.6 Å². The van der Waals surface area contributed by atoms with Crippen LogP contribution >= 0.6 is 12.4 Å². The molecule has 0 heterocycles. The molecular formula is C11H14ClF4NO. The summed E-state index contributed by atoms with van der Waals surface area (Å²) in [4.78, 5) is 0. The Kier molecular flexibility index (Phi) is 6.06. The molecule has 1 aromatic carbocycles. The van der Waals surface area contributed by atoms with Crippen LogP contribution in [0.15, 0.2) is 18.2 Å². The van der Waals surface area contributed by atoms with Crippen molar-refractivity contribution in [3.05, 3.63) is 35.1 Å². The van der Waals surface area contributed by atoms with Crippen molar-refractivity contribution in [2.24, 2.45) is 5.73 Å². The van der Waals surface area contributed by atoms with Gasteiger partial charge in [-0.2, -0.15) is 13.2 Å². The molecule has 0 aliphatic carbocycles. The van der Waals surface area contributed by atoms with Crippen LogP contribution in [0.1, 0.15) is 30.5 Å². The second kappa shape index (κ2) is 6.36. The highest BCUT2D eigenvalue weighted by Crippen LogP contribution is 2.36. The van der Waals surface area contributed by atoms with Crippen LogP contribution in [0, 0.1) is 5.82 Å². The fourth-order valence-corrected chi connectivity index (χ4v) is 1.57. The molecule has 0 aliphatic rings. The highest BCUT2D eigenvalue weighted by molar-refractivity contribution is 5.85. The summed E-state index contributed by atoms with van der Waals surface area (Å²) in [6.07, 6.45) is -5.76. The van der Waals surface area contributed by atoms with E-state index in [1.807, 2.05) is 0 Å². The van der Waals surface area contributed by atoms with Gasteiger partial charge in [0.15, 0.2) is 0 Å². The summed E-state index contributed by atoms with van der Waals surface area (Å²) < 4.78 is 51.4. The molecule has 0 aliphatic heterocycles. The third-order valence-corrected chi connectivity index (χ3v) is 2.52. The maximum atomic E-state index is 13.4. The number of aliphatic hydroxyl groups excluding tert-OH is 1. The molecule has 104 valence electrons. The van der Waals surface area contributed by atoms with E-state index in [4.69, 9.17) is 5.73 Å². The Balaban J connectivity index is 0.00000289. The third kappa shape index (κ3) is 3.57. The van der Waals surface area contributed by atoms with Crippen molar-refractivity contribution in [1.29, 1.82) is 0 Å². The zero-order chi connectivity index (χ0) is 13.2. The molecule has 0 saturated heterocycles. The van der Waals surface area contributed by atoms with Crippen LogP contribution in [-0.4, -0.2) is 11.2 Å². The van der Waals surface area contributed by atoms with Crippen molar-refractivity contribution in [2.75, 3.05) is 0 Å². The molecule has 18 heavy (non-hydrogen) atoms. The van der Waals surface area contributed by atoms with E-state index in [9.17, 15) is 22.7 Å². The first-order valence-electron chi connectivity index (χ1n) is 5.08. The lowest BCUT2D eigenvalue weighted by atomic mass is 9.95. The van der Waals surface area contributed by atoms with Gasteiger partial charge in [-0.15, -0.1) is 12.4 Å². The first-order chi connectivity index (χ1) is 7.79. The van der Waals surface area contributed by atoms with E-state index in [0.29, 0.717) is 0 Å². The Bertz CT molecular complexity index is 397. The van der Waals surface area contributed by atoms with E-state index in [1.54, 1.807) is 6.92 Å². The molecule has 0 radical (unpaired) electrons. The second-order valence-electron chi connectivity index (χ2n) is 3.70. The van der Waals surface area contributed by atoms with Gasteiger partial charge >= 0.3 is 6.18 Å². The number of halogens is 5. The van der Waals surface area contributed by atoms with Gasteiger partial charge in [0.05, 0.1) is 17.7 Å². The van der Waals surface area contributed by atoms with Crippen molar-refractivity contribution >= 4 is 12.4 Å². The Hall–Kier alpha value is -0.850. The molecule has 3 N–H and O–H groups in total. The quantitative estimate of drug-likeness (QED) is 0.840. The first-order valence-corrected chi connectivity index (χ1v) is 5.08. The fraction of sp³-hybridized carbons (Fsp3) is 0.455. The van der Waals surface area contributed by atoms with Gasteiger partial charge in [0, 0.05) is 5.56 Å². The first kappa shape index (κ1) is 17.2. The highest BCUT2D eigenvalue weighted by atomic mass is 35.5. The maximum Gasteiger partial charge on any atom is 0.416 e. The Labute approximate surface area is 108 Å². The lowest BCUT2D eigenvalue weighted by molar-refractivity contribution is -0.138. The van der Waals surface area contributed by atoms with Crippen molar-refractivity contribution < 1.29 is 22.7 Å². The van der Waals surface area contributed by atoms with Gasteiger partial charge in [-0.25, -0.2) is 4.39 Å². The molecule has 0 saturated carbocycles. The molecule has 0 fully saturated rings. The summed E-state index contributed by atoms with van der Waals surface area (Å²) in [5, 5.41) is 9.44. The zero-order valence-electron chi connectivity index (χ0n) is 9.54. The SMILES string of the molecule is CC[C@@H](O)[C@@H](N)c1c(F)cccc1C(F)(F)F.Cl. The molecule has 0 spiro atoms. The van der Waals surface area contributed by atoms with Gasteiger partial charge in [0.1, 0.15) is 5.82 Å². The van der Waals surface area contributed by atoms with Gasteiger partial charge < -0.3 is 10.8 Å². The summed E-state index contributed by atoms with van der Waals surface area (Å²) >= 11 is 0. The monoisotopic (exact) mass is 287 g/mol. The van der Waals surface area contributed by atoms with Crippen LogP contribution < -0.4 is 5.73 Å². The van der Waals surface area contributed by atoms with E-state index < -0.39 is 35.3 Å². The van der Waals surface area contributed by atoms with Gasteiger partial charge in [-0.3, -0.25) is 0 Å². The minimum atomic E-state index is -4.69. The molecule has 0 aromatic heterocycles. The Morgan fingerprint density at radius 3 is 2.33 bits per heavy atom. The molecule has 0 amide bonds. The van der Waals surface area contributed by atoms with E-state index in [0.717, 1.165) is 18.2 Å². The van der Waals surface area contributed by atoms with Gasteiger partial charge in [0.2, 0.25) is 0 Å². The van der Waals surface area contributed by atoms with Crippen LogP contribution in [0.25, 0.3) is 0 Å². The summed E-state index contributed by atoms with van der Waals surface area (Å²) in [5.41, 5.74) is 3.63. The molecule has 2 atom stereocenters. The second-order valence-corrected chi connectivity index (χ2v) is 3.70. The molecule has 1 aromatic rings. The van der Waals surface area contributed by atoms with Crippen LogP contribution in [0.2, 0.25) is 0 Å². The number of nitrogens with two attached hydrogens (primary N) is 1. The van der Waals surface area contributed by atoms with Crippen LogP contribution in [0.5, 0.6) is 0 Å². The predicted octanol–water partition coefficient (Wildman–Crippen LogP) is 3.04. The number of aliphatic hydroxyl groups is 1. The van der Waals surface area contributed by atoms with E-state index >= 15 is 0 Å². The lowest BCUT2D eigenvalue weighted by Gasteiger charge is -2.22. The molecule has 0 unspecified atom stereocenters. The summed E-state index contributed by atoms with van der Waals surface area (Å²) in [6, 6.07) is 1.22. The zero-order valence-corrected chi connectivity index (χ0v) is 10.4. The van der Waals surface area contributed by atoms with E-state index in [2.05, 4.69) is 0 Å². The molecular weight excluding hydrogens is 274 g/mol. The maximum absolute atomic E-state index is 13.4. The van der Waals surface area contributed by atoms with Crippen molar-refractivity contribution in [3.63, 3.8) is 0 Å². The number of alkyl halides is 3. The minimum Gasteiger partial charge on any atom is -0.391 e. The van der Waals surface area contributed by atoms with E-state index in [1.165, 1.54) is 0 Å². The summed E-state index contributed by atoms with van der Waals surface area (Å²) in [7, 11) is 0. The Morgan fingerprint density at radius 2 is 1.89 bits per heavy atom. The third-order valence-electron chi connectivity index (χ3n) is 2.52. The predicted molar refractivity (Wildman–Crippen MR) is 61.9 cm³/mol. The standard InChI is InChI=1S/C11H13F4NO.ClH/c1-2-8(17)10(16)9-6(11(13,14)15)4-3-5-7(9)12;/h3-5,8,10,17H,2,16H2,1H3;1H/t8-,10-;/m1./s1. The van der Waals surface area contributed by atoms with Gasteiger partial charge in [-0.1, -0.05) is 13.0 Å². The molecule has 2 nitrogen and oxygen atoms in total. The van der Waals surface area contributed by atoms with Crippen LogP contribution in [-0.2, 0) is 6.18 Å².